The third-order valence-corrected chi connectivity index (χ3v) is 3.06. The Bertz CT molecular complexity index is 578. The van der Waals surface area contributed by atoms with Gasteiger partial charge in [0, 0.05) is 12.1 Å². The van der Waals surface area contributed by atoms with Gasteiger partial charge >= 0.3 is 0 Å². The van der Waals surface area contributed by atoms with Crippen LogP contribution in [0.25, 0.3) is 0 Å². The quantitative estimate of drug-likeness (QED) is 0.882. The summed E-state index contributed by atoms with van der Waals surface area (Å²) in [4.78, 5) is 12.0. The molecule has 2 rings (SSSR count). The molecule has 0 saturated heterocycles. The number of para-hydroxylation sites is 1. The smallest absolute Gasteiger partial charge is 0.251 e. The van der Waals surface area contributed by atoms with Crippen LogP contribution in [-0.2, 0) is 6.42 Å². The molecule has 0 atom stereocenters. The van der Waals surface area contributed by atoms with Gasteiger partial charge in [-0.1, -0.05) is 36.4 Å². The number of carbonyl (C=O) groups excluding carboxylic acids is 1. The number of phenolic OH excluding ortho intramolecular Hbond substituents is 1. The molecule has 0 aliphatic rings. The lowest BCUT2D eigenvalue weighted by molar-refractivity contribution is 0.0953. The molecule has 1 amide bonds. The van der Waals surface area contributed by atoms with Crippen LogP contribution in [0.4, 0.5) is 0 Å². The zero-order valence-corrected chi connectivity index (χ0v) is 10.9. The Balaban J connectivity index is 1.92. The molecule has 0 bridgehead atoms. The fraction of sp³-hybridized carbons (Fsp3) is 0.188. The normalized spacial score (nSPS) is 10.2. The van der Waals surface area contributed by atoms with Gasteiger partial charge in [-0.05, 0) is 36.6 Å². The minimum Gasteiger partial charge on any atom is -0.508 e. The van der Waals surface area contributed by atoms with Gasteiger partial charge in [-0.25, -0.2) is 0 Å². The van der Waals surface area contributed by atoms with Crippen molar-refractivity contribution in [2.24, 2.45) is 0 Å². The van der Waals surface area contributed by atoms with Gasteiger partial charge in [0.25, 0.3) is 5.91 Å². The number of hydrogen-bond donors (Lipinski definition) is 2. The van der Waals surface area contributed by atoms with E-state index in [1.54, 1.807) is 12.1 Å². The van der Waals surface area contributed by atoms with Gasteiger partial charge in [-0.15, -0.1) is 0 Å². The summed E-state index contributed by atoms with van der Waals surface area (Å²) in [6.45, 7) is 2.42. The topological polar surface area (TPSA) is 49.3 Å². The molecular weight excluding hydrogens is 238 g/mol. The second-order valence-corrected chi connectivity index (χ2v) is 4.45. The van der Waals surface area contributed by atoms with Crippen molar-refractivity contribution in [1.82, 2.24) is 5.32 Å². The first-order valence-corrected chi connectivity index (χ1v) is 6.29. The molecule has 3 nitrogen and oxygen atoms in total. The Morgan fingerprint density at radius 1 is 1.11 bits per heavy atom. The van der Waals surface area contributed by atoms with Gasteiger partial charge in [-0.2, -0.15) is 0 Å². The summed E-state index contributed by atoms with van der Waals surface area (Å²) in [6, 6.07) is 14.7. The summed E-state index contributed by atoms with van der Waals surface area (Å²) in [7, 11) is 0. The molecule has 0 aliphatic carbocycles. The van der Waals surface area contributed by atoms with Crippen LogP contribution < -0.4 is 5.32 Å². The van der Waals surface area contributed by atoms with Gasteiger partial charge in [0.2, 0.25) is 0 Å². The number of phenols is 1. The number of nitrogens with one attached hydrogen (secondary N) is 1. The maximum Gasteiger partial charge on any atom is 0.251 e. The van der Waals surface area contributed by atoms with Crippen molar-refractivity contribution in [2.45, 2.75) is 13.3 Å². The highest BCUT2D eigenvalue weighted by molar-refractivity contribution is 5.95. The van der Waals surface area contributed by atoms with Gasteiger partial charge in [-0.3, -0.25) is 4.79 Å². The summed E-state index contributed by atoms with van der Waals surface area (Å²) in [5.74, 6) is 0.196. The Morgan fingerprint density at radius 2 is 1.79 bits per heavy atom. The maximum atomic E-state index is 12.0. The van der Waals surface area contributed by atoms with E-state index in [1.807, 2.05) is 43.3 Å². The first kappa shape index (κ1) is 13.1. The van der Waals surface area contributed by atoms with E-state index in [0.29, 0.717) is 18.5 Å². The van der Waals surface area contributed by atoms with Crippen molar-refractivity contribution in [1.29, 1.82) is 0 Å². The van der Waals surface area contributed by atoms with Crippen LogP contribution in [0.3, 0.4) is 0 Å². The van der Waals surface area contributed by atoms with Crippen molar-refractivity contribution in [2.75, 3.05) is 6.54 Å². The molecule has 0 saturated carbocycles. The number of hydrogen-bond acceptors (Lipinski definition) is 2. The molecule has 0 fully saturated rings. The lowest BCUT2D eigenvalue weighted by Gasteiger charge is -2.08. The van der Waals surface area contributed by atoms with E-state index in [1.165, 1.54) is 0 Å². The van der Waals surface area contributed by atoms with E-state index in [0.717, 1.165) is 11.1 Å². The standard InChI is InChI=1S/C16H17NO2/c1-12-6-2-4-8-14(12)16(19)17-11-10-13-7-3-5-9-15(13)18/h2-9,18H,10-11H2,1H3,(H,17,19). The number of aryl methyl sites for hydroxylation is 1. The minimum absolute atomic E-state index is 0.0754. The number of carbonyl (C=O) groups is 1. The minimum atomic E-state index is -0.0754. The predicted octanol–water partition coefficient (Wildman–Crippen LogP) is 2.67. The lowest BCUT2D eigenvalue weighted by atomic mass is 10.1. The van der Waals surface area contributed by atoms with Crippen LogP contribution in [0.1, 0.15) is 21.5 Å². The second kappa shape index (κ2) is 6.05. The summed E-state index contributed by atoms with van der Waals surface area (Å²) >= 11 is 0. The first-order chi connectivity index (χ1) is 9.18. The number of amides is 1. The van der Waals surface area contributed by atoms with E-state index in [4.69, 9.17) is 0 Å². The van der Waals surface area contributed by atoms with Gasteiger partial charge < -0.3 is 10.4 Å². The summed E-state index contributed by atoms with van der Waals surface area (Å²) in [5, 5.41) is 12.5. The number of aromatic hydroxyl groups is 1. The summed E-state index contributed by atoms with van der Waals surface area (Å²) in [6.07, 6.45) is 0.615. The van der Waals surface area contributed by atoms with E-state index in [2.05, 4.69) is 5.32 Å². The maximum absolute atomic E-state index is 12.0. The summed E-state index contributed by atoms with van der Waals surface area (Å²) in [5.41, 5.74) is 2.50. The molecule has 0 aromatic heterocycles. The van der Waals surface area contributed by atoms with Crippen LogP contribution in [-0.4, -0.2) is 17.6 Å². The van der Waals surface area contributed by atoms with Crippen molar-refractivity contribution in [3.63, 3.8) is 0 Å². The lowest BCUT2D eigenvalue weighted by Crippen LogP contribution is -2.26. The Kier molecular flexibility index (Phi) is 4.18. The predicted molar refractivity (Wildman–Crippen MR) is 75.3 cm³/mol. The molecule has 3 heteroatoms. The van der Waals surface area contributed by atoms with Crippen molar-refractivity contribution >= 4 is 5.91 Å². The monoisotopic (exact) mass is 255 g/mol. The van der Waals surface area contributed by atoms with Crippen LogP contribution >= 0.6 is 0 Å². The average molecular weight is 255 g/mol. The third kappa shape index (κ3) is 3.35. The highest BCUT2D eigenvalue weighted by Crippen LogP contribution is 2.15. The molecule has 2 aromatic rings. The molecule has 0 unspecified atom stereocenters. The summed E-state index contributed by atoms with van der Waals surface area (Å²) < 4.78 is 0. The average Bonchev–Trinajstić information content (AvgIpc) is 2.41. The third-order valence-electron chi connectivity index (χ3n) is 3.06. The molecule has 2 aromatic carbocycles. The van der Waals surface area contributed by atoms with Crippen LogP contribution in [0.5, 0.6) is 5.75 Å². The zero-order chi connectivity index (χ0) is 13.7. The fourth-order valence-corrected chi connectivity index (χ4v) is 1.96. The highest BCUT2D eigenvalue weighted by atomic mass is 16.3. The first-order valence-electron chi connectivity index (χ1n) is 6.29. The van der Waals surface area contributed by atoms with E-state index in [9.17, 15) is 9.90 Å². The molecule has 0 radical (unpaired) electrons. The highest BCUT2D eigenvalue weighted by Gasteiger charge is 2.07. The van der Waals surface area contributed by atoms with E-state index in [-0.39, 0.29) is 11.7 Å². The Morgan fingerprint density at radius 3 is 2.53 bits per heavy atom. The van der Waals surface area contributed by atoms with E-state index >= 15 is 0 Å². The van der Waals surface area contributed by atoms with Crippen molar-refractivity contribution in [3.8, 4) is 5.75 Å². The van der Waals surface area contributed by atoms with Crippen LogP contribution in [0, 0.1) is 6.92 Å². The molecule has 98 valence electrons. The van der Waals surface area contributed by atoms with E-state index < -0.39 is 0 Å². The molecule has 0 spiro atoms. The Hall–Kier alpha value is -2.29. The largest absolute Gasteiger partial charge is 0.508 e. The number of benzene rings is 2. The van der Waals surface area contributed by atoms with Crippen molar-refractivity contribution < 1.29 is 9.90 Å². The van der Waals surface area contributed by atoms with Crippen LogP contribution in [0.2, 0.25) is 0 Å². The Labute approximate surface area is 112 Å². The molecule has 0 aliphatic heterocycles. The fourth-order valence-electron chi connectivity index (χ4n) is 1.96. The van der Waals surface area contributed by atoms with Gasteiger partial charge in [0.15, 0.2) is 0 Å². The zero-order valence-electron chi connectivity index (χ0n) is 10.9. The molecule has 19 heavy (non-hydrogen) atoms. The van der Waals surface area contributed by atoms with Gasteiger partial charge in [0.05, 0.1) is 0 Å². The van der Waals surface area contributed by atoms with Crippen molar-refractivity contribution in [3.05, 3.63) is 65.2 Å². The molecule has 2 N–H and O–H groups in total. The molecule has 0 heterocycles. The molecular formula is C16H17NO2. The van der Waals surface area contributed by atoms with Crippen LogP contribution in [0.15, 0.2) is 48.5 Å². The second-order valence-electron chi connectivity index (χ2n) is 4.45. The SMILES string of the molecule is Cc1ccccc1C(=O)NCCc1ccccc1O. The number of rotatable bonds is 4. The van der Waals surface area contributed by atoms with Gasteiger partial charge in [0.1, 0.15) is 5.75 Å².